The standard InChI is InChI=1S/C23H26N4O3/c1-30-20-9-5-6-18(16-20)22-21(17-27(24-22)19-7-3-2-4-8-19)23(29)26-12-10-25(11-13-26)14-15-28/h2-9,16-17,28H,10-15H2,1H3. The van der Waals surface area contributed by atoms with Gasteiger partial charge in [0.05, 0.1) is 25.0 Å². The molecule has 7 nitrogen and oxygen atoms in total. The van der Waals surface area contributed by atoms with E-state index in [0.717, 1.165) is 30.1 Å². The van der Waals surface area contributed by atoms with Gasteiger partial charge in [-0.05, 0) is 24.3 Å². The molecule has 1 aliphatic rings. The second-order valence-corrected chi connectivity index (χ2v) is 7.26. The van der Waals surface area contributed by atoms with Crippen LogP contribution in [0.15, 0.2) is 60.8 Å². The average molecular weight is 406 g/mol. The van der Waals surface area contributed by atoms with E-state index in [1.54, 1.807) is 11.8 Å². The van der Waals surface area contributed by atoms with Crippen LogP contribution in [0.2, 0.25) is 0 Å². The summed E-state index contributed by atoms with van der Waals surface area (Å²) in [6.45, 7) is 3.56. The molecule has 1 fully saturated rings. The van der Waals surface area contributed by atoms with E-state index >= 15 is 0 Å². The van der Waals surface area contributed by atoms with Crippen LogP contribution in [0.5, 0.6) is 5.75 Å². The zero-order chi connectivity index (χ0) is 20.9. The fraction of sp³-hybridized carbons (Fsp3) is 0.304. The first kappa shape index (κ1) is 20.1. The van der Waals surface area contributed by atoms with Crippen LogP contribution in [-0.2, 0) is 0 Å². The Morgan fingerprint density at radius 1 is 1.07 bits per heavy atom. The quantitative estimate of drug-likeness (QED) is 0.680. The Kier molecular flexibility index (Phi) is 6.11. The van der Waals surface area contributed by atoms with E-state index in [0.29, 0.717) is 30.9 Å². The third kappa shape index (κ3) is 4.22. The lowest BCUT2D eigenvalue weighted by molar-refractivity contribution is 0.0615. The molecule has 3 aromatic rings. The summed E-state index contributed by atoms with van der Waals surface area (Å²) < 4.78 is 7.12. The highest BCUT2D eigenvalue weighted by Gasteiger charge is 2.26. The molecule has 7 heteroatoms. The van der Waals surface area contributed by atoms with Crippen LogP contribution in [0, 0.1) is 0 Å². The summed E-state index contributed by atoms with van der Waals surface area (Å²) in [6.07, 6.45) is 1.81. The minimum absolute atomic E-state index is 0.0290. The number of para-hydroxylation sites is 1. The van der Waals surface area contributed by atoms with Crippen molar-refractivity contribution in [2.75, 3.05) is 46.4 Å². The Labute approximate surface area is 176 Å². The fourth-order valence-corrected chi connectivity index (χ4v) is 3.71. The molecule has 0 spiro atoms. The lowest BCUT2D eigenvalue weighted by Crippen LogP contribution is -2.49. The van der Waals surface area contributed by atoms with Crippen molar-refractivity contribution in [3.8, 4) is 22.7 Å². The second-order valence-electron chi connectivity index (χ2n) is 7.26. The number of aliphatic hydroxyl groups is 1. The molecule has 1 saturated heterocycles. The highest BCUT2D eigenvalue weighted by Crippen LogP contribution is 2.28. The van der Waals surface area contributed by atoms with Crippen molar-refractivity contribution in [2.24, 2.45) is 0 Å². The molecule has 0 aliphatic carbocycles. The minimum atomic E-state index is -0.0290. The van der Waals surface area contributed by atoms with Gasteiger partial charge < -0.3 is 14.7 Å². The minimum Gasteiger partial charge on any atom is -0.497 e. The maximum absolute atomic E-state index is 13.4. The molecule has 1 aromatic heterocycles. The third-order valence-electron chi connectivity index (χ3n) is 5.38. The van der Waals surface area contributed by atoms with Gasteiger partial charge in [-0.25, -0.2) is 4.68 Å². The summed E-state index contributed by atoms with van der Waals surface area (Å²) in [5.74, 6) is 0.691. The van der Waals surface area contributed by atoms with E-state index in [9.17, 15) is 4.79 Å². The Hall–Kier alpha value is -3.16. The van der Waals surface area contributed by atoms with Crippen molar-refractivity contribution in [1.82, 2.24) is 19.6 Å². The molecular weight excluding hydrogens is 380 g/mol. The monoisotopic (exact) mass is 406 g/mol. The first-order chi connectivity index (χ1) is 14.7. The SMILES string of the molecule is COc1cccc(-c2nn(-c3ccccc3)cc2C(=O)N2CCN(CCO)CC2)c1. The number of β-amino-alcohol motifs (C(OH)–C–C–N with tert-alkyl or cyclic N) is 1. The molecule has 1 N–H and O–H groups in total. The van der Waals surface area contributed by atoms with E-state index < -0.39 is 0 Å². The first-order valence-corrected chi connectivity index (χ1v) is 10.1. The summed E-state index contributed by atoms with van der Waals surface area (Å²) in [4.78, 5) is 17.5. The molecule has 0 unspecified atom stereocenters. The number of piperazine rings is 1. The van der Waals surface area contributed by atoms with Gasteiger partial charge in [0, 0.05) is 44.5 Å². The molecule has 0 bridgehead atoms. The maximum Gasteiger partial charge on any atom is 0.257 e. The number of benzene rings is 2. The number of aliphatic hydroxyl groups excluding tert-OH is 1. The molecule has 2 heterocycles. The zero-order valence-electron chi connectivity index (χ0n) is 17.1. The van der Waals surface area contributed by atoms with Gasteiger partial charge in [-0.3, -0.25) is 9.69 Å². The van der Waals surface area contributed by atoms with E-state index in [-0.39, 0.29) is 12.5 Å². The van der Waals surface area contributed by atoms with E-state index in [4.69, 9.17) is 14.9 Å². The van der Waals surface area contributed by atoms with Gasteiger partial charge in [0.1, 0.15) is 11.4 Å². The van der Waals surface area contributed by atoms with Gasteiger partial charge in [0.2, 0.25) is 0 Å². The van der Waals surface area contributed by atoms with Gasteiger partial charge in [0.15, 0.2) is 0 Å². The normalized spacial score (nSPS) is 14.7. The Bertz CT molecular complexity index is 995. The van der Waals surface area contributed by atoms with E-state index in [1.807, 2.05) is 65.7 Å². The summed E-state index contributed by atoms with van der Waals surface area (Å²) >= 11 is 0. The van der Waals surface area contributed by atoms with E-state index in [1.165, 1.54) is 0 Å². The lowest BCUT2D eigenvalue weighted by atomic mass is 10.1. The highest BCUT2D eigenvalue weighted by molar-refractivity contribution is 6.00. The van der Waals surface area contributed by atoms with E-state index in [2.05, 4.69) is 4.90 Å². The van der Waals surface area contributed by atoms with Crippen molar-refractivity contribution in [2.45, 2.75) is 0 Å². The predicted molar refractivity (Wildman–Crippen MR) is 115 cm³/mol. The third-order valence-corrected chi connectivity index (χ3v) is 5.38. The second kappa shape index (κ2) is 9.11. The summed E-state index contributed by atoms with van der Waals surface area (Å²) in [7, 11) is 1.62. The number of aromatic nitrogens is 2. The number of methoxy groups -OCH3 is 1. The molecule has 0 atom stereocenters. The molecule has 2 aromatic carbocycles. The van der Waals surface area contributed by atoms with Crippen molar-refractivity contribution < 1.29 is 14.6 Å². The zero-order valence-corrected chi connectivity index (χ0v) is 17.1. The molecular formula is C23H26N4O3. The maximum atomic E-state index is 13.4. The number of ether oxygens (including phenoxy) is 1. The summed E-state index contributed by atoms with van der Waals surface area (Å²) in [6, 6.07) is 17.4. The van der Waals surface area contributed by atoms with Crippen LogP contribution in [0.3, 0.4) is 0 Å². The van der Waals surface area contributed by atoms with Gasteiger partial charge in [-0.15, -0.1) is 0 Å². The Morgan fingerprint density at radius 3 is 2.53 bits per heavy atom. The largest absolute Gasteiger partial charge is 0.497 e. The number of carbonyl (C=O) groups is 1. The van der Waals surface area contributed by atoms with Crippen LogP contribution in [0.1, 0.15) is 10.4 Å². The summed E-state index contributed by atoms with van der Waals surface area (Å²) in [5.41, 5.74) is 2.95. The first-order valence-electron chi connectivity index (χ1n) is 10.1. The molecule has 30 heavy (non-hydrogen) atoms. The van der Waals surface area contributed by atoms with Crippen LogP contribution in [0.25, 0.3) is 16.9 Å². The Balaban J connectivity index is 1.68. The molecule has 0 saturated carbocycles. The lowest BCUT2D eigenvalue weighted by Gasteiger charge is -2.34. The topological polar surface area (TPSA) is 70.8 Å². The predicted octanol–water partition coefficient (Wildman–Crippen LogP) is 2.30. The molecule has 156 valence electrons. The van der Waals surface area contributed by atoms with Crippen LogP contribution in [-0.4, -0.2) is 77.0 Å². The van der Waals surface area contributed by atoms with Crippen LogP contribution >= 0.6 is 0 Å². The van der Waals surface area contributed by atoms with Gasteiger partial charge in [0.25, 0.3) is 5.91 Å². The summed E-state index contributed by atoms with van der Waals surface area (Å²) in [5, 5.41) is 13.9. The smallest absolute Gasteiger partial charge is 0.257 e. The van der Waals surface area contributed by atoms with Crippen molar-refractivity contribution in [1.29, 1.82) is 0 Å². The number of hydrogen-bond donors (Lipinski definition) is 1. The number of carbonyl (C=O) groups excluding carboxylic acids is 1. The molecule has 4 rings (SSSR count). The van der Waals surface area contributed by atoms with Gasteiger partial charge in [-0.2, -0.15) is 5.10 Å². The highest BCUT2D eigenvalue weighted by atomic mass is 16.5. The van der Waals surface area contributed by atoms with Gasteiger partial charge >= 0.3 is 0 Å². The van der Waals surface area contributed by atoms with Crippen molar-refractivity contribution >= 4 is 5.91 Å². The van der Waals surface area contributed by atoms with Crippen molar-refractivity contribution in [3.05, 3.63) is 66.4 Å². The number of amides is 1. The Morgan fingerprint density at radius 2 is 1.83 bits per heavy atom. The number of rotatable bonds is 6. The van der Waals surface area contributed by atoms with Crippen molar-refractivity contribution in [3.63, 3.8) is 0 Å². The molecule has 1 amide bonds. The number of nitrogens with zero attached hydrogens (tertiary/aromatic N) is 4. The van der Waals surface area contributed by atoms with Crippen LogP contribution in [0.4, 0.5) is 0 Å². The van der Waals surface area contributed by atoms with Gasteiger partial charge in [-0.1, -0.05) is 30.3 Å². The van der Waals surface area contributed by atoms with Crippen LogP contribution < -0.4 is 4.74 Å². The average Bonchev–Trinajstić information content (AvgIpc) is 3.25. The molecule has 0 radical (unpaired) electrons. The fourth-order valence-electron chi connectivity index (χ4n) is 3.71. The molecule has 1 aliphatic heterocycles. The number of hydrogen-bond acceptors (Lipinski definition) is 5.